The quantitative estimate of drug-likeness (QED) is 0.652. The molecule has 196 valence electrons. The monoisotopic (exact) mass is 505 g/mol. The molecule has 0 saturated carbocycles. The lowest BCUT2D eigenvalue weighted by atomic mass is 9.95. The van der Waals surface area contributed by atoms with Gasteiger partial charge in [-0.25, -0.2) is 0 Å². The molecule has 1 spiro atoms. The first-order chi connectivity index (χ1) is 18.0. The summed E-state index contributed by atoms with van der Waals surface area (Å²) in [7, 11) is 0. The first kappa shape index (κ1) is 25.4. The minimum absolute atomic E-state index is 0.0135. The first-order valence-corrected chi connectivity index (χ1v) is 13.2. The molecule has 2 unspecified atom stereocenters. The highest BCUT2D eigenvalue weighted by Crippen LogP contribution is 2.39. The third-order valence-corrected chi connectivity index (χ3v) is 7.78. The van der Waals surface area contributed by atoms with Crippen LogP contribution in [-0.2, 0) is 25.5 Å². The number of carbonyl (C=O) groups excluding carboxylic acids is 3. The standard InChI is InChI=1S/C29H35N3O5/c1-21-8-5-6-12-24(21)28(35)32-25(27(34)30-19-23-11-7-17-36-23)20-37-29(32)13-15-31(16-14-29)26(33)18-22-9-3-2-4-10-22/h2-6,8-10,12,23,25H,7,11,13-20H2,1H3,(H,30,34). The molecule has 8 heteroatoms. The van der Waals surface area contributed by atoms with Crippen LogP contribution in [0.4, 0.5) is 0 Å². The van der Waals surface area contributed by atoms with Crippen LogP contribution in [0.3, 0.4) is 0 Å². The zero-order valence-corrected chi connectivity index (χ0v) is 21.4. The van der Waals surface area contributed by atoms with Crippen molar-refractivity contribution in [3.05, 3.63) is 71.3 Å². The number of aryl methyl sites for hydroxylation is 1. The summed E-state index contributed by atoms with van der Waals surface area (Å²) in [4.78, 5) is 43.7. The van der Waals surface area contributed by atoms with Crippen LogP contribution < -0.4 is 5.32 Å². The Hall–Kier alpha value is -3.23. The summed E-state index contributed by atoms with van der Waals surface area (Å²) in [5, 5.41) is 2.99. The van der Waals surface area contributed by atoms with E-state index < -0.39 is 11.8 Å². The van der Waals surface area contributed by atoms with Gasteiger partial charge in [-0.2, -0.15) is 0 Å². The third kappa shape index (κ3) is 5.40. The molecule has 3 fully saturated rings. The van der Waals surface area contributed by atoms with E-state index in [0.29, 0.717) is 51.1 Å². The minimum atomic E-state index is -0.922. The normalized spacial score (nSPS) is 22.8. The molecule has 2 atom stereocenters. The number of hydrogen-bond donors (Lipinski definition) is 1. The second-order valence-electron chi connectivity index (χ2n) is 10.2. The van der Waals surface area contributed by atoms with Gasteiger partial charge in [0.15, 0.2) is 0 Å². The molecule has 3 aliphatic heterocycles. The van der Waals surface area contributed by atoms with Gasteiger partial charge in [0.05, 0.1) is 19.1 Å². The number of benzene rings is 2. The lowest BCUT2D eigenvalue weighted by Gasteiger charge is -2.44. The predicted molar refractivity (Wildman–Crippen MR) is 138 cm³/mol. The summed E-state index contributed by atoms with van der Waals surface area (Å²) in [5.74, 6) is -0.379. The number of hydrogen-bond acceptors (Lipinski definition) is 5. The Morgan fingerprint density at radius 1 is 1.03 bits per heavy atom. The van der Waals surface area contributed by atoms with Crippen molar-refractivity contribution < 1.29 is 23.9 Å². The maximum atomic E-state index is 13.9. The Labute approximate surface area is 217 Å². The van der Waals surface area contributed by atoms with Gasteiger partial charge < -0.3 is 19.7 Å². The van der Waals surface area contributed by atoms with Gasteiger partial charge in [0.25, 0.3) is 5.91 Å². The fourth-order valence-electron chi connectivity index (χ4n) is 5.63. The Morgan fingerprint density at radius 2 is 1.76 bits per heavy atom. The zero-order valence-electron chi connectivity index (χ0n) is 21.4. The largest absolute Gasteiger partial charge is 0.376 e. The minimum Gasteiger partial charge on any atom is -0.376 e. The van der Waals surface area contributed by atoms with Crippen LogP contribution in [-0.4, -0.2) is 78.2 Å². The highest BCUT2D eigenvalue weighted by Gasteiger charge is 2.54. The van der Waals surface area contributed by atoms with E-state index in [4.69, 9.17) is 9.47 Å². The molecule has 0 aromatic heterocycles. The topological polar surface area (TPSA) is 88.2 Å². The first-order valence-electron chi connectivity index (χ1n) is 13.2. The Kier molecular flexibility index (Phi) is 7.58. The second kappa shape index (κ2) is 11.0. The van der Waals surface area contributed by atoms with E-state index in [9.17, 15) is 14.4 Å². The van der Waals surface area contributed by atoms with Gasteiger partial charge in [0.2, 0.25) is 11.8 Å². The molecule has 1 N–H and O–H groups in total. The van der Waals surface area contributed by atoms with Crippen molar-refractivity contribution in [3.63, 3.8) is 0 Å². The molecule has 2 aromatic carbocycles. The summed E-state index contributed by atoms with van der Waals surface area (Å²) in [6, 6.07) is 16.4. The number of rotatable bonds is 6. The van der Waals surface area contributed by atoms with Gasteiger partial charge in [-0.05, 0) is 37.0 Å². The number of amides is 3. The van der Waals surface area contributed by atoms with E-state index in [1.54, 1.807) is 11.0 Å². The summed E-state index contributed by atoms with van der Waals surface area (Å²) in [5.41, 5.74) is 1.47. The van der Waals surface area contributed by atoms with Crippen molar-refractivity contribution in [1.82, 2.24) is 15.1 Å². The lowest BCUT2D eigenvalue weighted by molar-refractivity contribution is -0.143. The summed E-state index contributed by atoms with van der Waals surface area (Å²) < 4.78 is 12.0. The van der Waals surface area contributed by atoms with Crippen LogP contribution in [0.2, 0.25) is 0 Å². The van der Waals surface area contributed by atoms with Crippen molar-refractivity contribution in [2.75, 3.05) is 32.8 Å². The molecule has 5 rings (SSSR count). The second-order valence-corrected chi connectivity index (χ2v) is 10.2. The van der Waals surface area contributed by atoms with Crippen molar-refractivity contribution in [2.24, 2.45) is 0 Å². The van der Waals surface area contributed by atoms with Crippen LogP contribution in [0.25, 0.3) is 0 Å². The Bertz CT molecular complexity index is 1120. The van der Waals surface area contributed by atoms with E-state index in [0.717, 1.165) is 24.0 Å². The number of nitrogens with one attached hydrogen (secondary N) is 1. The molecule has 2 aromatic rings. The highest BCUT2D eigenvalue weighted by molar-refractivity contribution is 5.99. The van der Waals surface area contributed by atoms with Gasteiger partial charge in [-0.1, -0.05) is 48.5 Å². The SMILES string of the molecule is Cc1ccccc1C(=O)N1C(C(=O)NCC2CCCO2)COC12CCN(C(=O)Cc1ccccc1)CC2. The maximum Gasteiger partial charge on any atom is 0.257 e. The molecule has 8 nitrogen and oxygen atoms in total. The van der Waals surface area contributed by atoms with Gasteiger partial charge in [0.1, 0.15) is 11.8 Å². The van der Waals surface area contributed by atoms with Crippen LogP contribution in [0.5, 0.6) is 0 Å². The summed E-state index contributed by atoms with van der Waals surface area (Å²) in [6.07, 6.45) is 3.19. The maximum absolute atomic E-state index is 13.9. The molecule has 37 heavy (non-hydrogen) atoms. The molecular weight excluding hydrogens is 470 g/mol. The summed E-state index contributed by atoms with van der Waals surface area (Å²) >= 11 is 0. The molecule has 0 aliphatic carbocycles. The molecular formula is C29H35N3O5. The number of piperidine rings is 1. The molecule has 3 heterocycles. The van der Waals surface area contributed by atoms with Crippen LogP contribution in [0.15, 0.2) is 54.6 Å². The average Bonchev–Trinajstić information content (AvgIpc) is 3.57. The third-order valence-electron chi connectivity index (χ3n) is 7.78. The number of nitrogens with zero attached hydrogens (tertiary/aromatic N) is 2. The number of likely N-dealkylation sites (tertiary alicyclic amines) is 1. The molecule has 3 amide bonds. The van der Waals surface area contributed by atoms with Crippen LogP contribution >= 0.6 is 0 Å². The van der Waals surface area contributed by atoms with Gasteiger partial charge in [-0.3, -0.25) is 19.3 Å². The number of carbonyl (C=O) groups is 3. The zero-order chi connectivity index (χ0) is 25.8. The van der Waals surface area contributed by atoms with Crippen LogP contribution in [0, 0.1) is 6.92 Å². The predicted octanol–water partition coefficient (Wildman–Crippen LogP) is 2.69. The fraction of sp³-hybridized carbons (Fsp3) is 0.483. The summed E-state index contributed by atoms with van der Waals surface area (Å²) in [6.45, 7) is 4.10. The van der Waals surface area contributed by atoms with E-state index in [-0.39, 0.29) is 30.4 Å². The molecule has 0 radical (unpaired) electrons. The van der Waals surface area contributed by atoms with Gasteiger partial charge >= 0.3 is 0 Å². The Balaban J connectivity index is 1.32. The smallest absolute Gasteiger partial charge is 0.257 e. The average molecular weight is 506 g/mol. The fourth-order valence-corrected chi connectivity index (χ4v) is 5.63. The molecule has 3 aliphatic rings. The van der Waals surface area contributed by atoms with Crippen molar-refractivity contribution in [3.8, 4) is 0 Å². The van der Waals surface area contributed by atoms with Crippen molar-refractivity contribution >= 4 is 17.7 Å². The van der Waals surface area contributed by atoms with Gasteiger partial charge in [0, 0.05) is 44.6 Å². The van der Waals surface area contributed by atoms with Gasteiger partial charge in [-0.15, -0.1) is 0 Å². The van der Waals surface area contributed by atoms with Crippen molar-refractivity contribution in [1.29, 1.82) is 0 Å². The molecule has 3 saturated heterocycles. The van der Waals surface area contributed by atoms with Crippen LogP contribution in [0.1, 0.15) is 47.2 Å². The lowest BCUT2D eigenvalue weighted by Crippen LogP contribution is -2.60. The highest BCUT2D eigenvalue weighted by atomic mass is 16.5. The van der Waals surface area contributed by atoms with E-state index in [1.807, 2.05) is 60.4 Å². The Morgan fingerprint density at radius 3 is 2.46 bits per heavy atom. The van der Waals surface area contributed by atoms with E-state index >= 15 is 0 Å². The van der Waals surface area contributed by atoms with E-state index in [2.05, 4.69) is 5.32 Å². The van der Waals surface area contributed by atoms with E-state index in [1.165, 1.54) is 0 Å². The number of ether oxygens (including phenoxy) is 2. The molecule has 0 bridgehead atoms. The van der Waals surface area contributed by atoms with Crippen molar-refractivity contribution in [2.45, 2.75) is 56.9 Å².